The van der Waals surface area contributed by atoms with Crippen LogP contribution in [0.25, 0.3) is 10.8 Å². The van der Waals surface area contributed by atoms with Gasteiger partial charge in [0.1, 0.15) is 13.2 Å². The Labute approximate surface area is 197 Å². The molecular formula is C24H30N4O4S. The van der Waals surface area contributed by atoms with E-state index in [9.17, 15) is 4.79 Å². The average Bonchev–Trinajstić information content (AvgIpc) is 3.49. The van der Waals surface area contributed by atoms with E-state index in [1.165, 1.54) is 0 Å². The highest BCUT2D eigenvalue weighted by Crippen LogP contribution is 2.34. The van der Waals surface area contributed by atoms with Gasteiger partial charge in [0, 0.05) is 0 Å². The predicted molar refractivity (Wildman–Crippen MR) is 126 cm³/mol. The summed E-state index contributed by atoms with van der Waals surface area (Å²) in [5.74, 6) is 2.65. The molecule has 0 saturated heterocycles. The number of thiophene rings is 1. The lowest BCUT2D eigenvalue weighted by Crippen LogP contribution is -2.40. The number of benzene rings is 1. The summed E-state index contributed by atoms with van der Waals surface area (Å²) in [5.41, 5.74) is 1.00. The van der Waals surface area contributed by atoms with E-state index in [4.69, 9.17) is 13.9 Å². The third-order valence-electron chi connectivity index (χ3n) is 5.37. The zero-order valence-electron chi connectivity index (χ0n) is 19.2. The predicted octanol–water partition coefficient (Wildman–Crippen LogP) is 4.29. The van der Waals surface area contributed by atoms with E-state index in [2.05, 4.69) is 36.3 Å². The maximum absolute atomic E-state index is 13.0. The SMILES string of the molecule is CCCN(CC(=O)NC(c1ccc2c(c1)OCCO2)C(C)C)Cc1nnc(-c2cccs2)o1. The fraction of sp³-hybridized carbons (Fsp3) is 0.458. The number of nitrogens with one attached hydrogen (secondary N) is 1. The van der Waals surface area contributed by atoms with Crippen LogP contribution < -0.4 is 14.8 Å². The molecule has 8 nitrogen and oxygen atoms in total. The van der Waals surface area contributed by atoms with Gasteiger partial charge in [0.25, 0.3) is 5.89 Å². The molecule has 3 heterocycles. The summed E-state index contributed by atoms with van der Waals surface area (Å²) < 4.78 is 17.2. The Balaban J connectivity index is 1.41. The minimum Gasteiger partial charge on any atom is -0.486 e. The van der Waals surface area contributed by atoms with Crippen molar-refractivity contribution in [3.8, 4) is 22.3 Å². The van der Waals surface area contributed by atoms with Gasteiger partial charge in [-0.1, -0.05) is 32.9 Å². The summed E-state index contributed by atoms with van der Waals surface area (Å²) in [4.78, 5) is 16.0. The molecule has 176 valence electrons. The number of rotatable bonds is 10. The lowest BCUT2D eigenvalue weighted by atomic mass is 9.95. The van der Waals surface area contributed by atoms with Gasteiger partial charge < -0.3 is 19.2 Å². The molecule has 1 unspecified atom stereocenters. The number of amides is 1. The summed E-state index contributed by atoms with van der Waals surface area (Å²) in [7, 11) is 0. The second kappa shape index (κ2) is 10.8. The Bertz CT molecular complexity index is 1050. The monoisotopic (exact) mass is 470 g/mol. The van der Waals surface area contributed by atoms with Crippen molar-refractivity contribution in [1.29, 1.82) is 0 Å². The van der Waals surface area contributed by atoms with Gasteiger partial charge in [-0.15, -0.1) is 21.5 Å². The van der Waals surface area contributed by atoms with Crippen molar-refractivity contribution in [2.45, 2.75) is 39.8 Å². The molecule has 1 aromatic carbocycles. The van der Waals surface area contributed by atoms with Gasteiger partial charge in [-0.05, 0) is 48.0 Å². The summed E-state index contributed by atoms with van der Waals surface area (Å²) in [6.07, 6.45) is 0.912. The van der Waals surface area contributed by atoms with Gasteiger partial charge in [0.05, 0.1) is 24.0 Å². The molecule has 0 aliphatic carbocycles. The topological polar surface area (TPSA) is 89.7 Å². The molecule has 1 amide bonds. The number of aromatic nitrogens is 2. The quantitative estimate of drug-likeness (QED) is 0.473. The molecule has 0 saturated carbocycles. The lowest BCUT2D eigenvalue weighted by Gasteiger charge is -2.27. The van der Waals surface area contributed by atoms with Crippen LogP contribution in [0.4, 0.5) is 0 Å². The molecule has 0 radical (unpaired) electrons. The van der Waals surface area contributed by atoms with E-state index in [1.807, 2.05) is 40.6 Å². The first-order valence-corrected chi connectivity index (χ1v) is 12.2. The first-order chi connectivity index (χ1) is 16.0. The molecule has 1 aliphatic heterocycles. The van der Waals surface area contributed by atoms with E-state index in [1.54, 1.807) is 11.3 Å². The van der Waals surface area contributed by atoms with E-state index in [0.717, 1.165) is 34.9 Å². The standard InChI is InChI=1S/C24H30N4O4S/c1-4-9-28(15-22-26-27-24(32-22)20-6-5-12-33-20)14-21(29)25-23(16(2)3)17-7-8-18-19(13-17)31-11-10-30-18/h5-8,12-13,16,23H,4,9-11,14-15H2,1-3H3,(H,25,29). The van der Waals surface area contributed by atoms with Crippen LogP contribution >= 0.6 is 11.3 Å². The highest BCUT2D eigenvalue weighted by Gasteiger charge is 2.23. The van der Waals surface area contributed by atoms with Crippen molar-refractivity contribution in [1.82, 2.24) is 20.4 Å². The normalized spacial score (nSPS) is 14.0. The Morgan fingerprint density at radius 1 is 1.18 bits per heavy atom. The van der Waals surface area contributed by atoms with Crippen LogP contribution in [0.15, 0.2) is 40.1 Å². The number of fused-ring (bicyclic) bond motifs is 1. The molecule has 9 heteroatoms. The molecular weight excluding hydrogens is 440 g/mol. The summed E-state index contributed by atoms with van der Waals surface area (Å²) >= 11 is 1.55. The lowest BCUT2D eigenvalue weighted by molar-refractivity contribution is -0.123. The number of hydrogen-bond donors (Lipinski definition) is 1. The van der Waals surface area contributed by atoms with Crippen LogP contribution in [-0.2, 0) is 11.3 Å². The van der Waals surface area contributed by atoms with Gasteiger partial charge in [-0.3, -0.25) is 9.69 Å². The number of carbonyl (C=O) groups excluding carboxylic acids is 1. The minimum absolute atomic E-state index is 0.0463. The Morgan fingerprint density at radius 2 is 2.00 bits per heavy atom. The molecule has 2 aromatic heterocycles. The first kappa shape index (κ1) is 23.3. The van der Waals surface area contributed by atoms with E-state index < -0.39 is 0 Å². The third-order valence-corrected chi connectivity index (χ3v) is 6.23. The second-order valence-electron chi connectivity index (χ2n) is 8.38. The van der Waals surface area contributed by atoms with Crippen molar-refractivity contribution in [3.63, 3.8) is 0 Å². The van der Waals surface area contributed by atoms with E-state index in [-0.39, 0.29) is 24.4 Å². The Kier molecular flexibility index (Phi) is 7.61. The van der Waals surface area contributed by atoms with Crippen molar-refractivity contribution < 1.29 is 18.7 Å². The molecule has 4 rings (SSSR count). The highest BCUT2D eigenvalue weighted by atomic mass is 32.1. The molecule has 0 bridgehead atoms. The van der Waals surface area contributed by atoms with Crippen LogP contribution in [0.1, 0.15) is 44.7 Å². The average molecular weight is 471 g/mol. The molecule has 1 atom stereocenters. The summed E-state index contributed by atoms with van der Waals surface area (Å²) in [6, 6.07) is 9.63. The van der Waals surface area contributed by atoms with Gasteiger partial charge in [0.15, 0.2) is 11.5 Å². The van der Waals surface area contributed by atoms with Crippen molar-refractivity contribution >= 4 is 17.2 Å². The number of nitrogens with zero attached hydrogens (tertiary/aromatic N) is 3. The number of carbonyl (C=O) groups is 1. The van der Waals surface area contributed by atoms with Crippen LogP contribution in [-0.4, -0.2) is 47.3 Å². The van der Waals surface area contributed by atoms with Gasteiger partial charge in [-0.25, -0.2) is 0 Å². The maximum Gasteiger partial charge on any atom is 0.257 e. The Morgan fingerprint density at radius 3 is 2.73 bits per heavy atom. The molecule has 33 heavy (non-hydrogen) atoms. The summed E-state index contributed by atoms with van der Waals surface area (Å²) in [5, 5.41) is 13.5. The molecule has 0 fully saturated rings. The van der Waals surface area contributed by atoms with Crippen LogP contribution in [0.2, 0.25) is 0 Å². The van der Waals surface area contributed by atoms with Gasteiger partial charge in [-0.2, -0.15) is 0 Å². The Hall–Kier alpha value is -2.91. The smallest absolute Gasteiger partial charge is 0.257 e. The van der Waals surface area contributed by atoms with Gasteiger partial charge in [0.2, 0.25) is 11.8 Å². The fourth-order valence-electron chi connectivity index (χ4n) is 3.85. The first-order valence-electron chi connectivity index (χ1n) is 11.3. The highest BCUT2D eigenvalue weighted by molar-refractivity contribution is 7.13. The largest absolute Gasteiger partial charge is 0.486 e. The molecule has 1 N–H and O–H groups in total. The number of ether oxygens (including phenoxy) is 2. The van der Waals surface area contributed by atoms with Crippen molar-refractivity contribution in [3.05, 3.63) is 47.2 Å². The zero-order chi connectivity index (χ0) is 23.2. The minimum atomic E-state index is -0.134. The van der Waals surface area contributed by atoms with Gasteiger partial charge >= 0.3 is 0 Å². The second-order valence-corrected chi connectivity index (χ2v) is 9.33. The number of hydrogen-bond acceptors (Lipinski definition) is 8. The van der Waals surface area contributed by atoms with Crippen LogP contribution in [0, 0.1) is 5.92 Å². The maximum atomic E-state index is 13.0. The molecule has 3 aromatic rings. The van der Waals surface area contributed by atoms with E-state index in [0.29, 0.717) is 31.5 Å². The molecule has 0 spiro atoms. The zero-order valence-corrected chi connectivity index (χ0v) is 20.1. The fourth-order valence-corrected chi connectivity index (χ4v) is 4.49. The third kappa shape index (κ3) is 5.91. The molecule has 1 aliphatic rings. The van der Waals surface area contributed by atoms with Crippen molar-refractivity contribution in [2.24, 2.45) is 5.92 Å². The van der Waals surface area contributed by atoms with Crippen molar-refractivity contribution in [2.75, 3.05) is 26.3 Å². The van der Waals surface area contributed by atoms with E-state index >= 15 is 0 Å². The van der Waals surface area contributed by atoms with Crippen LogP contribution in [0.5, 0.6) is 11.5 Å². The van der Waals surface area contributed by atoms with Crippen LogP contribution in [0.3, 0.4) is 0 Å². The summed E-state index contributed by atoms with van der Waals surface area (Å²) in [6.45, 7) is 8.78.